The molecule has 4 rings (SSSR count). The third-order valence-electron chi connectivity index (χ3n) is 3.73. The molecule has 0 aliphatic rings. The molecule has 0 radical (unpaired) electrons. The predicted molar refractivity (Wildman–Crippen MR) is 97.5 cm³/mol. The van der Waals surface area contributed by atoms with Crippen molar-refractivity contribution in [3.63, 3.8) is 0 Å². The Morgan fingerprint density at radius 2 is 2.04 bits per heavy atom. The van der Waals surface area contributed by atoms with Gasteiger partial charge in [0.2, 0.25) is 4.96 Å². The minimum atomic E-state index is -0.480. The number of rotatable bonds is 2. The van der Waals surface area contributed by atoms with Gasteiger partial charge in [-0.25, -0.2) is 4.39 Å². The fraction of sp³-hybridized carbons (Fsp3) is 0.0556. The Morgan fingerprint density at radius 1 is 1.24 bits per heavy atom. The van der Waals surface area contributed by atoms with Crippen LogP contribution in [0.3, 0.4) is 0 Å². The van der Waals surface area contributed by atoms with Gasteiger partial charge in [0.1, 0.15) is 5.82 Å². The van der Waals surface area contributed by atoms with Crippen LogP contribution in [0.2, 0.25) is 5.02 Å². The summed E-state index contributed by atoms with van der Waals surface area (Å²) < 4.78 is 15.5. The van der Waals surface area contributed by atoms with Crippen LogP contribution in [0.5, 0.6) is 0 Å². The normalized spacial score (nSPS) is 12.2. The van der Waals surface area contributed by atoms with E-state index in [9.17, 15) is 9.18 Å². The number of hydrogen-bond donors (Lipinski definition) is 0. The summed E-state index contributed by atoms with van der Waals surface area (Å²) in [7, 11) is 0. The lowest BCUT2D eigenvalue weighted by Gasteiger charge is -1.98. The number of aryl methyl sites for hydroxylation is 1. The first-order valence-corrected chi connectivity index (χ1v) is 8.65. The molecular weight excluding hydrogens is 361 g/mol. The van der Waals surface area contributed by atoms with Crippen LogP contribution in [-0.2, 0) is 0 Å². The van der Waals surface area contributed by atoms with Crippen molar-refractivity contribution >= 4 is 34.0 Å². The molecule has 0 amide bonds. The first kappa shape index (κ1) is 15.9. The zero-order chi connectivity index (χ0) is 17.6. The molecule has 2 aromatic heterocycles. The second kappa shape index (κ2) is 6.06. The average Bonchev–Trinajstić information content (AvgIpc) is 3.11. The van der Waals surface area contributed by atoms with Gasteiger partial charge >= 0.3 is 0 Å². The summed E-state index contributed by atoms with van der Waals surface area (Å²) in [4.78, 5) is 17.4. The minimum absolute atomic E-state index is 0.185. The van der Waals surface area contributed by atoms with Crippen LogP contribution >= 0.6 is 22.9 Å². The number of thiazole rings is 1. The van der Waals surface area contributed by atoms with Crippen molar-refractivity contribution in [2.45, 2.75) is 6.92 Å². The molecule has 0 atom stereocenters. The first-order valence-electron chi connectivity index (χ1n) is 7.45. The Hall–Kier alpha value is -2.57. The molecule has 0 unspecified atom stereocenters. The monoisotopic (exact) mass is 371 g/mol. The smallest absolute Gasteiger partial charge is 0.266 e. The Morgan fingerprint density at radius 3 is 2.76 bits per heavy atom. The summed E-state index contributed by atoms with van der Waals surface area (Å²) in [5.74, 6) is 0.00822. The van der Waals surface area contributed by atoms with E-state index >= 15 is 0 Å². The largest absolute Gasteiger partial charge is 0.291 e. The van der Waals surface area contributed by atoms with E-state index in [1.807, 2.05) is 31.2 Å². The van der Waals surface area contributed by atoms with Gasteiger partial charge < -0.3 is 0 Å². The zero-order valence-corrected chi connectivity index (χ0v) is 14.6. The molecule has 0 saturated heterocycles. The lowest BCUT2D eigenvalue weighted by atomic mass is 10.1. The van der Waals surface area contributed by atoms with Crippen LogP contribution in [0.4, 0.5) is 4.39 Å². The summed E-state index contributed by atoms with van der Waals surface area (Å²) in [5, 5.41) is 4.54. The van der Waals surface area contributed by atoms with Gasteiger partial charge in [0.25, 0.3) is 5.56 Å². The van der Waals surface area contributed by atoms with E-state index in [0.29, 0.717) is 15.3 Å². The third-order valence-corrected chi connectivity index (χ3v) is 5.02. The van der Waals surface area contributed by atoms with Gasteiger partial charge in [-0.15, -0.1) is 5.10 Å². The van der Waals surface area contributed by atoms with Crippen molar-refractivity contribution in [2.24, 2.45) is 0 Å². The van der Waals surface area contributed by atoms with Gasteiger partial charge in [0, 0.05) is 11.1 Å². The van der Waals surface area contributed by atoms with Crippen LogP contribution in [0.25, 0.3) is 22.4 Å². The van der Waals surface area contributed by atoms with Crippen LogP contribution in [-0.4, -0.2) is 14.6 Å². The summed E-state index contributed by atoms with van der Waals surface area (Å²) in [6.07, 6.45) is 1.44. The van der Waals surface area contributed by atoms with Gasteiger partial charge in [-0.2, -0.15) is 9.50 Å². The van der Waals surface area contributed by atoms with Crippen LogP contribution in [0.1, 0.15) is 11.1 Å². The molecule has 2 aromatic carbocycles. The standard InChI is InChI=1S/C18H11ClFN3OS/c1-10-4-2-5-11(8-10)16-21-18-23(22-16)17(24)15(25-18)9-12-13(19)6-3-7-14(12)20/h2-9H,1H3/b15-9-. The highest BCUT2D eigenvalue weighted by Gasteiger charge is 2.13. The summed E-state index contributed by atoms with van der Waals surface area (Å²) in [6, 6.07) is 12.1. The predicted octanol–water partition coefficient (Wildman–Crippen LogP) is 3.47. The maximum absolute atomic E-state index is 13.9. The highest BCUT2D eigenvalue weighted by atomic mass is 35.5. The third kappa shape index (κ3) is 2.83. The maximum Gasteiger partial charge on any atom is 0.291 e. The van der Waals surface area contributed by atoms with Crippen molar-refractivity contribution in [3.05, 3.63) is 79.3 Å². The van der Waals surface area contributed by atoms with E-state index in [1.54, 1.807) is 6.07 Å². The Balaban J connectivity index is 1.87. The Kier molecular flexibility index (Phi) is 3.86. The first-order chi connectivity index (χ1) is 12.0. The van der Waals surface area contributed by atoms with Crippen molar-refractivity contribution < 1.29 is 4.39 Å². The molecule has 0 spiro atoms. The topological polar surface area (TPSA) is 47.3 Å². The van der Waals surface area contributed by atoms with Crippen LogP contribution in [0.15, 0.2) is 47.3 Å². The van der Waals surface area contributed by atoms with Gasteiger partial charge in [-0.3, -0.25) is 4.79 Å². The molecule has 0 bridgehead atoms. The highest BCUT2D eigenvalue weighted by molar-refractivity contribution is 7.15. The number of nitrogens with zero attached hydrogens (tertiary/aromatic N) is 3. The Labute approximate surface area is 150 Å². The maximum atomic E-state index is 13.9. The minimum Gasteiger partial charge on any atom is -0.266 e. The highest BCUT2D eigenvalue weighted by Crippen LogP contribution is 2.20. The van der Waals surface area contributed by atoms with E-state index in [0.717, 1.165) is 22.5 Å². The number of aromatic nitrogens is 3. The van der Waals surface area contributed by atoms with Crippen molar-refractivity contribution in [1.29, 1.82) is 0 Å². The summed E-state index contributed by atoms with van der Waals surface area (Å²) in [5.41, 5.74) is 1.77. The number of benzene rings is 2. The molecule has 0 N–H and O–H groups in total. The molecule has 4 nitrogen and oxygen atoms in total. The van der Waals surface area contributed by atoms with Gasteiger partial charge in [0.15, 0.2) is 5.82 Å². The molecule has 0 fully saturated rings. The van der Waals surface area contributed by atoms with Crippen LogP contribution < -0.4 is 10.1 Å². The molecule has 0 aliphatic carbocycles. The molecule has 4 aromatic rings. The van der Waals surface area contributed by atoms with E-state index in [-0.39, 0.29) is 16.1 Å². The molecule has 124 valence electrons. The lowest BCUT2D eigenvalue weighted by molar-refractivity contribution is 0.625. The molecule has 0 saturated carbocycles. The molecule has 2 heterocycles. The van der Waals surface area contributed by atoms with Crippen LogP contribution in [0, 0.1) is 12.7 Å². The number of halogens is 2. The second-order valence-electron chi connectivity index (χ2n) is 5.55. The van der Waals surface area contributed by atoms with E-state index in [4.69, 9.17) is 11.6 Å². The van der Waals surface area contributed by atoms with E-state index in [1.165, 1.54) is 22.7 Å². The molecule has 7 heteroatoms. The fourth-order valence-corrected chi connectivity index (χ4v) is 3.63. The second-order valence-corrected chi connectivity index (χ2v) is 6.97. The Bertz CT molecular complexity index is 1190. The van der Waals surface area contributed by atoms with Crippen molar-refractivity contribution in [1.82, 2.24) is 14.6 Å². The van der Waals surface area contributed by atoms with E-state index < -0.39 is 5.82 Å². The molecule has 25 heavy (non-hydrogen) atoms. The van der Waals surface area contributed by atoms with Gasteiger partial charge in [-0.05, 0) is 31.2 Å². The molecular formula is C18H11ClFN3OS. The number of fused-ring (bicyclic) bond motifs is 1. The zero-order valence-electron chi connectivity index (χ0n) is 13.0. The quantitative estimate of drug-likeness (QED) is 0.542. The van der Waals surface area contributed by atoms with Crippen molar-refractivity contribution in [2.75, 3.05) is 0 Å². The fourth-order valence-electron chi connectivity index (χ4n) is 2.52. The SMILES string of the molecule is Cc1cccc(-c2nc3s/c(=C\c4c(F)cccc4Cl)c(=O)n3n2)c1. The van der Waals surface area contributed by atoms with E-state index in [2.05, 4.69) is 10.1 Å². The average molecular weight is 372 g/mol. The van der Waals surface area contributed by atoms with Gasteiger partial charge in [-0.1, -0.05) is 52.8 Å². The lowest BCUT2D eigenvalue weighted by Crippen LogP contribution is -2.23. The number of hydrogen-bond acceptors (Lipinski definition) is 4. The summed E-state index contributed by atoms with van der Waals surface area (Å²) in [6.45, 7) is 1.98. The summed E-state index contributed by atoms with van der Waals surface area (Å²) >= 11 is 7.17. The molecule has 0 aliphatic heterocycles. The van der Waals surface area contributed by atoms with Gasteiger partial charge in [0.05, 0.1) is 9.55 Å². The van der Waals surface area contributed by atoms with Crippen molar-refractivity contribution in [3.8, 4) is 11.4 Å².